The Hall–Kier alpha value is -1.09. The van der Waals surface area contributed by atoms with Gasteiger partial charge in [0.2, 0.25) is 0 Å². The highest BCUT2D eigenvalue weighted by atomic mass is 15.2. The van der Waals surface area contributed by atoms with E-state index >= 15 is 0 Å². The normalized spacial score (nSPS) is 17.3. The first-order valence-corrected chi connectivity index (χ1v) is 8.37. The highest BCUT2D eigenvalue weighted by Crippen LogP contribution is 2.27. The van der Waals surface area contributed by atoms with Crippen LogP contribution in [-0.2, 0) is 12.0 Å². The molecule has 0 spiro atoms. The number of hydrogen-bond acceptors (Lipinski definition) is 3. The van der Waals surface area contributed by atoms with E-state index in [2.05, 4.69) is 57.0 Å². The number of aromatic nitrogens is 1. The van der Waals surface area contributed by atoms with E-state index in [-0.39, 0.29) is 5.41 Å². The highest BCUT2D eigenvalue weighted by molar-refractivity contribution is 5.44. The van der Waals surface area contributed by atoms with Crippen LogP contribution < -0.4 is 10.2 Å². The fourth-order valence-electron chi connectivity index (χ4n) is 2.73. The van der Waals surface area contributed by atoms with E-state index < -0.39 is 0 Å². The van der Waals surface area contributed by atoms with E-state index in [1.54, 1.807) is 0 Å². The molecule has 0 unspecified atom stereocenters. The van der Waals surface area contributed by atoms with Crippen molar-refractivity contribution in [3.05, 3.63) is 23.4 Å². The van der Waals surface area contributed by atoms with Crippen LogP contribution >= 0.6 is 0 Å². The maximum Gasteiger partial charge on any atom is 0.129 e. The van der Waals surface area contributed by atoms with E-state index in [1.807, 2.05) is 0 Å². The zero-order valence-corrected chi connectivity index (χ0v) is 14.4. The highest BCUT2D eigenvalue weighted by Gasteiger charge is 2.21. The third-order valence-corrected chi connectivity index (χ3v) is 4.33. The summed E-state index contributed by atoms with van der Waals surface area (Å²) in [6.07, 6.45) is 2.56. The maximum absolute atomic E-state index is 4.96. The average Bonchev–Trinajstić information content (AvgIpc) is 2.44. The molecule has 3 nitrogen and oxygen atoms in total. The van der Waals surface area contributed by atoms with Crippen molar-refractivity contribution in [3.63, 3.8) is 0 Å². The number of anilines is 1. The Morgan fingerprint density at radius 1 is 1.24 bits per heavy atom. The van der Waals surface area contributed by atoms with Gasteiger partial charge >= 0.3 is 0 Å². The number of rotatable bonds is 4. The molecule has 2 heterocycles. The van der Waals surface area contributed by atoms with Crippen molar-refractivity contribution in [1.29, 1.82) is 0 Å². The largest absolute Gasteiger partial charge is 0.357 e. The number of pyridine rings is 1. The van der Waals surface area contributed by atoms with Gasteiger partial charge in [-0.25, -0.2) is 4.98 Å². The molecule has 1 aromatic heterocycles. The first-order chi connectivity index (χ1) is 9.90. The summed E-state index contributed by atoms with van der Waals surface area (Å²) in [7, 11) is 0. The summed E-state index contributed by atoms with van der Waals surface area (Å²) in [4.78, 5) is 7.42. The molecule has 0 saturated carbocycles. The SMILES string of the molecule is CCNCc1cc(N2CCC(C)CC2)nc(C(C)(C)C)c1. The summed E-state index contributed by atoms with van der Waals surface area (Å²) in [6.45, 7) is 15.5. The summed E-state index contributed by atoms with van der Waals surface area (Å²) in [6, 6.07) is 4.53. The number of hydrogen-bond donors (Lipinski definition) is 1. The second kappa shape index (κ2) is 6.78. The van der Waals surface area contributed by atoms with E-state index in [1.165, 1.54) is 29.9 Å². The molecular formula is C18H31N3. The van der Waals surface area contributed by atoms with Crippen LogP contribution in [0, 0.1) is 5.92 Å². The fourth-order valence-corrected chi connectivity index (χ4v) is 2.73. The number of nitrogens with zero attached hydrogens (tertiary/aromatic N) is 2. The summed E-state index contributed by atoms with van der Waals surface area (Å²) in [5, 5.41) is 3.43. The van der Waals surface area contributed by atoms with Gasteiger partial charge in [0, 0.05) is 30.7 Å². The van der Waals surface area contributed by atoms with Crippen molar-refractivity contribution < 1.29 is 0 Å². The van der Waals surface area contributed by atoms with Gasteiger partial charge in [-0.3, -0.25) is 0 Å². The lowest BCUT2D eigenvalue weighted by Crippen LogP contribution is -2.34. The molecule has 1 fully saturated rings. The lowest BCUT2D eigenvalue weighted by Gasteiger charge is -2.32. The lowest BCUT2D eigenvalue weighted by atomic mass is 9.90. The Morgan fingerprint density at radius 2 is 1.90 bits per heavy atom. The van der Waals surface area contributed by atoms with Gasteiger partial charge in [0.15, 0.2) is 0 Å². The van der Waals surface area contributed by atoms with Crippen LogP contribution in [0.4, 0.5) is 5.82 Å². The van der Waals surface area contributed by atoms with Crippen molar-refractivity contribution in [2.24, 2.45) is 5.92 Å². The second-order valence-corrected chi connectivity index (χ2v) is 7.42. The van der Waals surface area contributed by atoms with Gasteiger partial charge in [-0.05, 0) is 43.0 Å². The molecule has 1 aromatic rings. The van der Waals surface area contributed by atoms with Gasteiger partial charge in [0.1, 0.15) is 5.82 Å². The molecule has 0 atom stereocenters. The molecule has 0 bridgehead atoms. The second-order valence-electron chi connectivity index (χ2n) is 7.42. The predicted octanol–water partition coefficient (Wildman–Crippen LogP) is 3.72. The van der Waals surface area contributed by atoms with Gasteiger partial charge in [-0.1, -0.05) is 34.6 Å². The molecule has 1 aliphatic heterocycles. The molecule has 1 saturated heterocycles. The first kappa shape index (κ1) is 16.3. The quantitative estimate of drug-likeness (QED) is 0.915. The van der Waals surface area contributed by atoms with E-state index in [0.717, 1.165) is 32.1 Å². The molecule has 3 heteroatoms. The zero-order chi connectivity index (χ0) is 15.5. The van der Waals surface area contributed by atoms with Gasteiger partial charge in [-0.2, -0.15) is 0 Å². The summed E-state index contributed by atoms with van der Waals surface area (Å²) < 4.78 is 0. The third kappa shape index (κ3) is 4.44. The van der Waals surface area contributed by atoms with Crippen molar-refractivity contribution in [3.8, 4) is 0 Å². The summed E-state index contributed by atoms with van der Waals surface area (Å²) >= 11 is 0. The minimum absolute atomic E-state index is 0.0973. The Labute approximate surface area is 130 Å². The molecule has 0 aromatic carbocycles. The van der Waals surface area contributed by atoms with Crippen LogP contribution in [0.1, 0.15) is 58.7 Å². The van der Waals surface area contributed by atoms with Gasteiger partial charge in [0.05, 0.1) is 0 Å². The minimum atomic E-state index is 0.0973. The molecule has 0 aliphatic carbocycles. The minimum Gasteiger partial charge on any atom is -0.357 e. The monoisotopic (exact) mass is 289 g/mol. The van der Waals surface area contributed by atoms with Crippen LogP contribution in [0.15, 0.2) is 12.1 Å². The Morgan fingerprint density at radius 3 is 2.48 bits per heavy atom. The van der Waals surface area contributed by atoms with Gasteiger partial charge in [-0.15, -0.1) is 0 Å². The van der Waals surface area contributed by atoms with E-state index in [9.17, 15) is 0 Å². The fraction of sp³-hybridized carbons (Fsp3) is 0.722. The van der Waals surface area contributed by atoms with Crippen LogP contribution in [0.2, 0.25) is 0 Å². The van der Waals surface area contributed by atoms with Crippen molar-refractivity contribution in [2.75, 3.05) is 24.5 Å². The average molecular weight is 289 g/mol. The molecule has 1 aliphatic rings. The molecule has 118 valence electrons. The molecular weight excluding hydrogens is 258 g/mol. The Balaban J connectivity index is 2.26. The van der Waals surface area contributed by atoms with Crippen LogP contribution in [-0.4, -0.2) is 24.6 Å². The van der Waals surface area contributed by atoms with Crippen LogP contribution in [0.25, 0.3) is 0 Å². The van der Waals surface area contributed by atoms with Gasteiger partial charge < -0.3 is 10.2 Å². The Bertz CT molecular complexity index is 454. The molecule has 21 heavy (non-hydrogen) atoms. The Kier molecular flexibility index (Phi) is 5.26. The van der Waals surface area contributed by atoms with E-state index in [0.29, 0.717) is 0 Å². The van der Waals surface area contributed by atoms with Crippen LogP contribution in [0.3, 0.4) is 0 Å². The summed E-state index contributed by atoms with van der Waals surface area (Å²) in [5.41, 5.74) is 2.65. The lowest BCUT2D eigenvalue weighted by molar-refractivity contribution is 0.435. The predicted molar refractivity (Wildman–Crippen MR) is 90.9 cm³/mol. The number of nitrogens with one attached hydrogen (secondary N) is 1. The van der Waals surface area contributed by atoms with Gasteiger partial charge in [0.25, 0.3) is 0 Å². The standard InChI is InChI=1S/C18H31N3/c1-6-19-13-15-11-16(18(3,4)5)20-17(12-15)21-9-7-14(2)8-10-21/h11-12,14,19H,6-10,13H2,1-5H3. The first-order valence-electron chi connectivity index (χ1n) is 8.37. The number of piperidine rings is 1. The zero-order valence-electron chi connectivity index (χ0n) is 14.4. The topological polar surface area (TPSA) is 28.2 Å². The third-order valence-electron chi connectivity index (χ3n) is 4.33. The maximum atomic E-state index is 4.96. The molecule has 2 rings (SSSR count). The molecule has 0 amide bonds. The molecule has 1 N–H and O–H groups in total. The molecule has 0 radical (unpaired) electrons. The van der Waals surface area contributed by atoms with E-state index in [4.69, 9.17) is 4.98 Å². The van der Waals surface area contributed by atoms with Crippen molar-refractivity contribution >= 4 is 5.82 Å². The van der Waals surface area contributed by atoms with Crippen LogP contribution in [0.5, 0.6) is 0 Å². The smallest absolute Gasteiger partial charge is 0.129 e. The van der Waals surface area contributed by atoms with Crippen molar-refractivity contribution in [2.45, 2.75) is 59.4 Å². The summed E-state index contributed by atoms with van der Waals surface area (Å²) in [5.74, 6) is 2.02. The van der Waals surface area contributed by atoms with Crippen molar-refractivity contribution in [1.82, 2.24) is 10.3 Å².